The number of amidine groups is 1. The largest absolute Gasteiger partial charge is 0.455 e. The van der Waals surface area contributed by atoms with Gasteiger partial charge in [-0.3, -0.25) is 0 Å². The highest BCUT2D eigenvalue weighted by Gasteiger charge is 2.10. The Morgan fingerprint density at radius 1 is 1.32 bits per heavy atom. The number of hydrogen-bond acceptors (Lipinski definition) is 5. The van der Waals surface area contributed by atoms with Gasteiger partial charge in [0.25, 0.3) is 0 Å². The van der Waals surface area contributed by atoms with Crippen molar-refractivity contribution < 1.29 is 9.94 Å². The van der Waals surface area contributed by atoms with E-state index in [0.717, 1.165) is 4.90 Å². The normalized spacial score (nSPS) is 11.3. The number of oxime groups is 1. The lowest BCUT2D eigenvalue weighted by Gasteiger charge is -2.09. The van der Waals surface area contributed by atoms with Gasteiger partial charge in [0.1, 0.15) is 5.75 Å². The molecule has 6 heteroatoms. The monoisotopic (exact) mass is 275 g/mol. The molecule has 0 fully saturated rings. The van der Waals surface area contributed by atoms with Gasteiger partial charge in [0.15, 0.2) is 17.3 Å². The molecule has 5 nitrogen and oxygen atoms in total. The predicted octanol–water partition coefficient (Wildman–Crippen LogP) is 2.69. The molecule has 3 N–H and O–H groups in total. The molecule has 0 saturated heterocycles. The molecule has 98 valence electrons. The molecule has 1 aromatic carbocycles. The highest BCUT2D eigenvalue weighted by molar-refractivity contribution is 7.98. The second-order valence-corrected chi connectivity index (χ2v) is 4.49. The summed E-state index contributed by atoms with van der Waals surface area (Å²) in [7, 11) is 0. The zero-order valence-corrected chi connectivity index (χ0v) is 11.1. The van der Waals surface area contributed by atoms with Crippen LogP contribution >= 0.6 is 11.8 Å². The van der Waals surface area contributed by atoms with Crippen molar-refractivity contribution >= 4 is 17.6 Å². The zero-order valence-electron chi connectivity index (χ0n) is 10.3. The highest BCUT2D eigenvalue weighted by atomic mass is 32.2. The first-order chi connectivity index (χ1) is 9.24. The molecular weight excluding hydrogens is 262 g/mol. The Morgan fingerprint density at radius 3 is 2.68 bits per heavy atom. The standard InChI is InChI=1S/C13H13N3O2S/c1-19-10-6-4-9(5-7-10)18-11-3-2-8-15-12(11)13(14)16-17/h2-8,17H,1H3,(H2,14,16). The Hall–Kier alpha value is -2.21. The first kappa shape index (κ1) is 13.2. The number of nitrogens with zero attached hydrogens (tertiary/aromatic N) is 2. The van der Waals surface area contributed by atoms with Crippen LogP contribution in [0.3, 0.4) is 0 Å². The van der Waals surface area contributed by atoms with E-state index in [1.165, 1.54) is 0 Å². The minimum Gasteiger partial charge on any atom is -0.455 e. The minimum absolute atomic E-state index is 0.0867. The van der Waals surface area contributed by atoms with Crippen molar-refractivity contribution in [1.29, 1.82) is 0 Å². The second kappa shape index (κ2) is 6.10. The van der Waals surface area contributed by atoms with Gasteiger partial charge in [0.2, 0.25) is 0 Å². The highest BCUT2D eigenvalue weighted by Crippen LogP contribution is 2.25. The number of ether oxygens (including phenoxy) is 1. The number of nitrogens with two attached hydrogens (primary N) is 1. The van der Waals surface area contributed by atoms with Crippen molar-refractivity contribution in [3.63, 3.8) is 0 Å². The van der Waals surface area contributed by atoms with E-state index < -0.39 is 0 Å². The van der Waals surface area contributed by atoms with Crippen LogP contribution in [0.5, 0.6) is 11.5 Å². The van der Waals surface area contributed by atoms with Crippen LogP contribution in [-0.4, -0.2) is 22.3 Å². The van der Waals surface area contributed by atoms with E-state index in [1.54, 1.807) is 30.1 Å². The molecule has 2 aromatic rings. The van der Waals surface area contributed by atoms with Gasteiger partial charge in [-0.2, -0.15) is 0 Å². The van der Waals surface area contributed by atoms with E-state index in [4.69, 9.17) is 15.7 Å². The summed E-state index contributed by atoms with van der Waals surface area (Å²) in [6.45, 7) is 0. The number of rotatable bonds is 4. The maximum atomic E-state index is 8.71. The molecule has 0 aliphatic rings. The zero-order chi connectivity index (χ0) is 13.7. The number of hydrogen-bond donors (Lipinski definition) is 2. The third-order valence-corrected chi connectivity index (χ3v) is 3.15. The van der Waals surface area contributed by atoms with Gasteiger partial charge >= 0.3 is 0 Å². The van der Waals surface area contributed by atoms with E-state index in [9.17, 15) is 0 Å². The molecule has 0 spiro atoms. The lowest BCUT2D eigenvalue weighted by atomic mass is 10.3. The molecule has 0 radical (unpaired) electrons. The van der Waals surface area contributed by atoms with Crippen molar-refractivity contribution in [1.82, 2.24) is 4.98 Å². The summed E-state index contributed by atoms with van der Waals surface area (Å²) < 4.78 is 5.69. The van der Waals surface area contributed by atoms with Crippen LogP contribution in [0.25, 0.3) is 0 Å². The number of benzene rings is 1. The van der Waals surface area contributed by atoms with Crippen LogP contribution in [0.2, 0.25) is 0 Å². The molecule has 0 aliphatic carbocycles. The summed E-state index contributed by atoms with van der Waals surface area (Å²) in [5.74, 6) is 1.02. The molecular formula is C13H13N3O2S. The van der Waals surface area contributed by atoms with Crippen LogP contribution < -0.4 is 10.5 Å². The summed E-state index contributed by atoms with van der Waals surface area (Å²) in [5.41, 5.74) is 5.85. The molecule has 0 unspecified atom stereocenters. The Labute approximate surface area is 115 Å². The molecule has 2 rings (SSSR count). The Balaban J connectivity index is 2.27. The average Bonchev–Trinajstić information content (AvgIpc) is 2.48. The SMILES string of the molecule is CSc1ccc(Oc2cccnc2/C(N)=N/O)cc1. The van der Waals surface area contributed by atoms with Gasteiger partial charge in [-0.1, -0.05) is 5.16 Å². The van der Waals surface area contributed by atoms with E-state index in [0.29, 0.717) is 17.2 Å². The van der Waals surface area contributed by atoms with Crippen molar-refractivity contribution in [2.24, 2.45) is 10.9 Å². The van der Waals surface area contributed by atoms with E-state index in [1.807, 2.05) is 30.5 Å². The van der Waals surface area contributed by atoms with Gasteiger partial charge in [0.05, 0.1) is 0 Å². The maximum Gasteiger partial charge on any atom is 0.192 e. The van der Waals surface area contributed by atoms with Crippen LogP contribution in [0.1, 0.15) is 5.69 Å². The minimum atomic E-state index is -0.0867. The summed E-state index contributed by atoms with van der Waals surface area (Å²) in [4.78, 5) is 5.18. The van der Waals surface area contributed by atoms with Crippen molar-refractivity contribution in [3.8, 4) is 11.5 Å². The maximum absolute atomic E-state index is 8.71. The van der Waals surface area contributed by atoms with Crippen LogP contribution in [0, 0.1) is 0 Å². The lowest BCUT2D eigenvalue weighted by Crippen LogP contribution is -2.15. The van der Waals surface area contributed by atoms with Crippen LogP contribution in [0.4, 0.5) is 0 Å². The van der Waals surface area contributed by atoms with Gasteiger partial charge in [-0.05, 0) is 42.7 Å². The van der Waals surface area contributed by atoms with Gasteiger partial charge < -0.3 is 15.7 Å². The number of thioether (sulfide) groups is 1. The predicted molar refractivity (Wildman–Crippen MR) is 75.0 cm³/mol. The summed E-state index contributed by atoms with van der Waals surface area (Å²) in [5, 5.41) is 11.6. The Bertz CT molecular complexity index is 585. The van der Waals surface area contributed by atoms with E-state index >= 15 is 0 Å². The van der Waals surface area contributed by atoms with Crippen molar-refractivity contribution in [3.05, 3.63) is 48.3 Å². The Morgan fingerprint density at radius 2 is 2.05 bits per heavy atom. The van der Waals surface area contributed by atoms with E-state index in [2.05, 4.69) is 10.1 Å². The third kappa shape index (κ3) is 3.17. The van der Waals surface area contributed by atoms with Crippen molar-refractivity contribution in [2.45, 2.75) is 4.90 Å². The number of aromatic nitrogens is 1. The molecule has 19 heavy (non-hydrogen) atoms. The molecule has 1 heterocycles. The fourth-order valence-electron chi connectivity index (χ4n) is 1.48. The fourth-order valence-corrected chi connectivity index (χ4v) is 1.89. The summed E-state index contributed by atoms with van der Waals surface area (Å²) in [6.07, 6.45) is 3.56. The molecule has 0 atom stereocenters. The Kier molecular flexibility index (Phi) is 4.25. The van der Waals surface area contributed by atoms with Crippen molar-refractivity contribution in [2.75, 3.05) is 6.26 Å². The van der Waals surface area contributed by atoms with Gasteiger partial charge in [-0.25, -0.2) is 4.98 Å². The summed E-state index contributed by atoms with van der Waals surface area (Å²) in [6, 6.07) is 11.1. The molecule has 0 bridgehead atoms. The van der Waals surface area contributed by atoms with E-state index in [-0.39, 0.29) is 5.84 Å². The smallest absolute Gasteiger partial charge is 0.192 e. The molecule has 0 aliphatic heterocycles. The molecule has 0 amide bonds. The fraction of sp³-hybridized carbons (Fsp3) is 0.0769. The van der Waals surface area contributed by atoms with Gasteiger partial charge in [0, 0.05) is 11.1 Å². The van der Waals surface area contributed by atoms with Gasteiger partial charge in [-0.15, -0.1) is 11.8 Å². The summed E-state index contributed by atoms with van der Waals surface area (Å²) >= 11 is 1.66. The number of pyridine rings is 1. The lowest BCUT2D eigenvalue weighted by molar-refractivity contribution is 0.318. The third-order valence-electron chi connectivity index (χ3n) is 2.41. The first-order valence-electron chi connectivity index (χ1n) is 5.49. The first-order valence-corrected chi connectivity index (χ1v) is 6.72. The quantitative estimate of drug-likeness (QED) is 0.295. The van der Waals surface area contributed by atoms with Crippen LogP contribution in [-0.2, 0) is 0 Å². The average molecular weight is 275 g/mol. The second-order valence-electron chi connectivity index (χ2n) is 3.61. The van der Waals surface area contributed by atoms with Crippen LogP contribution in [0.15, 0.2) is 52.6 Å². The topological polar surface area (TPSA) is 80.7 Å². The molecule has 1 aromatic heterocycles. The molecule has 0 saturated carbocycles.